The van der Waals surface area contributed by atoms with Crippen molar-refractivity contribution in [2.24, 2.45) is 0 Å². The van der Waals surface area contributed by atoms with Crippen LogP contribution in [0.5, 0.6) is 11.5 Å². The van der Waals surface area contributed by atoms with Crippen molar-refractivity contribution >= 4 is 34.5 Å². The Morgan fingerprint density at radius 3 is 2.33 bits per heavy atom. The van der Waals surface area contributed by atoms with Crippen LogP contribution in [0, 0.1) is 0 Å². The Bertz CT molecular complexity index is 1320. The van der Waals surface area contributed by atoms with Gasteiger partial charge in [-0.1, -0.05) is 30.3 Å². The number of ether oxygens (including phenoxy) is 2. The van der Waals surface area contributed by atoms with Gasteiger partial charge in [0.2, 0.25) is 17.8 Å². The van der Waals surface area contributed by atoms with Crippen LogP contribution in [-0.2, 0) is 16.1 Å². The fourth-order valence-electron chi connectivity index (χ4n) is 5.01. The zero-order valence-corrected chi connectivity index (χ0v) is 24.3. The first-order valence-corrected chi connectivity index (χ1v) is 14.4. The summed E-state index contributed by atoms with van der Waals surface area (Å²) >= 11 is 0. The zero-order chi connectivity index (χ0) is 29.7. The number of rotatable bonds is 15. The van der Waals surface area contributed by atoms with Gasteiger partial charge in [0.1, 0.15) is 5.82 Å². The molecule has 0 atom stereocenters. The molecule has 1 aromatic heterocycles. The van der Waals surface area contributed by atoms with Crippen molar-refractivity contribution in [1.29, 1.82) is 0 Å². The van der Waals surface area contributed by atoms with E-state index in [-0.39, 0.29) is 18.4 Å². The number of benzene rings is 2. The van der Waals surface area contributed by atoms with Crippen LogP contribution in [0.2, 0.25) is 0 Å². The van der Waals surface area contributed by atoms with E-state index in [4.69, 9.17) is 24.6 Å². The van der Waals surface area contributed by atoms with Gasteiger partial charge in [0.15, 0.2) is 11.5 Å². The van der Waals surface area contributed by atoms with E-state index in [2.05, 4.69) is 45.1 Å². The van der Waals surface area contributed by atoms with Crippen molar-refractivity contribution < 1.29 is 24.3 Å². The summed E-state index contributed by atoms with van der Waals surface area (Å²) in [6.45, 7) is 3.77. The van der Waals surface area contributed by atoms with Gasteiger partial charge < -0.3 is 25.4 Å². The number of hydrogen-bond donors (Lipinski definition) is 5. The van der Waals surface area contributed by atoms with E-state index in [1.807, 2.05) is 18.2 Å². The number of aromatic nitrogens is 2. The Labute approximate surface area is 246 Å². The number of carbonyl (C=O) groups excluding carboxylic acids is 2. The van der Waals surface area contributed by atoms with E-state index in [1.165, 1.54) is 5.56 Å². The van der Waals surface area contributed by atoms with E-state index >= 15 is 0 Å². The predicted octanol–water partition coefficient (Wildman–Crippen LogP) is 3.32. The molecule has 2 amide bonds. The highest BCUT2D eigenvalue weighted by atomic mass is 16.5. The average molecular weight is 580 g/mol. The molecule has 0 unspecified atom stereocenters. The van der Waals surface area contributed by atoms with Crippen LogP contribution in [0.15, 0.2) is 42.5 Å². The lowest BCUT2D eigenvalue weighted by Crippen LogP contribution is -2.38. The van der Waals surface area contributed by atoms with Crippen molar-refractivity contribution in [1.82, 2.24) is 25.7 Å². The monoisotopic (exact) mass is 579 g/mol. The third-order valence-electron chi connectivity index (χ3n) is 7.29. The second-order valence-corrected chi connectivity index (χ2v) is 10.3. The molecule has 2 aromatic carbocycles. The first-order valence-electron chi connectivity index (χ1n) is 14.4. The van der Waals surface area contributed by atoms with Crippen molar-refractivity contribution in [2.75, 3.05) is 51.0 Å². The molecule has 12 heteroatoms. The van der Waals surface area contributed by atoms with Crippen LogP contribution < -0.4 is 30.9 Å². The van der Waals surface area contributed by atoms with Gasteiger partial charge in [0.05, 0.1) is 19.7 Å². The third kappa shape index (κ3) is 8.92. The number of amides is 2. The number of likely N-dealkylation sites (tertiary alicyclic amines) is 1. The average Bonchev–Trinajstić information content (AvgIpc) is 3.02. The van der Waals surface area contributed by atoms with E-state index in [0.29, 0.717) is 55.3 Å². The molecule has 1 aliphatic rings. The largest absolute Gasteiger partial charge is 0.493 e. The summed E-state index contributed by atoms with van der Waals surface area (Å²) < 4.78 is 11.0. The molecule has 2 heterocycles. The standard InChI is InChI=1S/C30H41N7O5/c1-41-25-18-23-24(19-26(25)42-2)34-30(32-15-14-31-27(38)10-6-7-11-28(39)36-40)35-29(23)33-22-12-16-37(17-13-22)20-21-8-4-3-5-9-21/h3-5,8-9,18-19,22,40H,6-7,10-17,20H2,1-2H3,(H,31,38)(H,36,39)(H2,32,33,34,35). The topological polar surface area (TPSA) is 150 Å². The molecule has 3 aromatic rings. The number of unbranched alkanes of at least 4 members (excludes halogenated alkanes) is 1. The third-order valence-corrected chi connectivity index (χ3v) is 7.29. The lowest BCUT2D eigenvalue weighted by Gasteiger charge is -2.33. The van der Waals surface area contributed by atoms with Crippen molar-refractivity contribution in [2.45, 2.75) is 51.1 Å². The number of carbonyl (C=O) groups is 2. The number of hydroxylamine groups is 1. The maximum Gasteiger partial charge on any atom is 0.243 e. The van der Waals surface area contributed by atoms with E-state index in [0.717, 1.165) is 43.7 Å². The Balaban J connectivity index is 1.36. The summed E-state index contributed by atoms with van der Waals surface area (Å²) in [7, 11) is 3.20. The summed E-state index contributed by atoms with van der Waals surface area (Å²) in [4.78, 5) is 35.2. The minimum Gasteiger partial charge on any atom is -0.493 e. The van der Waals surface area contributed by atoms with Crippen molar-refractivity contribution in [3.63, 3.8) is 0 Å². The molecule has 1 aliphatic heterocycles. The fraction of sp³-hybridized carbons (Fsp3) is 0.467. The van der Waals surface area contributed by atoms with E-state index in [9.17, 15) is 9.59 Å². The number of methoxy groups -OCH3 is 2. The molecule has 4 rings (SSSR count). The summed E-state index contributed by atoms with van der Waals surface area (Å²) in [6.07, 6.45) is 3.57. The molecule has 12 nitrogen and oxygen atoms in total. The van der Waals surface area contributed by atoms with Gasteiger partial charge in [-0.25, -0.2) is 10.5 Å². The molecule has 1 fully saturated rings. The Hall–Kier alpha value is -4.16. The molecule has 0 radical (unpaired) electrons. The van der Waals surface area contributed by atoms with Gasteiger partial charge in [-0.15, -0.1) is 0 Å². The molecule has 0 aliphatic carbocycles. The van der Waals surface area contributed by atoms with Gasteiger partial charge in [-0.3, -0.25) is 19.7 Å². The lowest BCUT2D eigenvalue weighted by molar-refractivity contribution is -0.129. The molecule has 0 bridgehead atoms. The molecule has 0 spiro atoms. The zero-order valence-electron chi connectivity index (χ0n) is 24.3. The minimum absolute atomic E-state index is 0.0987. The summed E-state index contributed by atoms with van der Waals surface area (Å²) in [5.41, 5.74) is 3.63. The van der Waals surface area contributed by atoms with Gasteiger partial charge in [-0.2, -0.15) is 4.98 Å². The summed E-state index contributed by atoms with van der Waals surface area (Å²) in [6, 6.07) is 14.5. The van der Waals surface area contributed by atoms with Gasteiger partial charge >= 0.3 is 0 Å². The highest BCUT2D eigenvalue weighted by Gasteiger charge is 2.21. The normalized spacial score (nSPS) is 13.9. The highest BCUT2D eigenvalue weighted by Crippen LogP contribution is 2.35. The SMILES string of the molecule is COc1cc2nc(NCCNC(=O)CCCCC(=O)NO)nc(NC3CCN(Cc4ccccc4)CC3)c2cc1OC. The van der Waals surface area contributed by atoms with E-state index < -0.39 is 5.91 Å². The van der Waals surface area contributed by atoms with Crippen LogP contribution in [0.4, 0.5) is 11.8 Å². The second kappa shape index (κ2) is 15.7. The second-order valence-electron chi connectivity index (χ2n) is 10.3. The maximum atomic E-state index is 12.1. The molecule has 42 heavy (non-hydrogen) atoms. The number of anilines is 2. The van der Waals surface area contributed by atoms with Crippen molar-refractivity contribution in [3.8, 4) is 11.5 Å². The predicted molar refractivity (Wildman–Crippen MR) is 161 cm³/mol. The first kappa shape index (κ1) is 30.8. The van der Waals surface area contributed by atoms with Gasteiger partial charge in [0.25, 0.3) is 0 Å². The summed E-state index contributed by atoms with van der Waals surface area (Å²) in [5.74, 6) is 1.81. The van der Waals surface area contributed by atoms with Gasteiger partial charge in [-0.05, 0) is 37.3 Å². The number of piperidine rings is 1. The minimum atomic E-state index is -0.451. The Morgan fingerprint density at radius 2 is 1.64 bits per heavy atom. The van der Waals surface area contributed by atoms with Crippen LogP contribution in [0.3, 0.4) is 0 Å². The molecule has 226 valence electrons. The number of hydrogen-bond acceptors (Lipinski definition) is 10. The molecule has 1 saturated heterocycles. The number of fused-ring (bicyclic) bond motifs is 1. The smallest absolute Gasteiger partial charge is 0.243 e. The summed E-state index contributed by atoms with van der Waals surface area (Å²) in [5, 5.41) is 19.1. The van der Waals surface area contributed by atoms with Crippen LogP contribution >= 0.6 is 0 Å². The van der Waals surface area contributed by atoms with Crippen molar-refractivity contribution in [3.05, 3.63) is 48.0 Å². The first-order chi connectivity index (χ1) is 20.5. The molecular formula is C30H41N7O5. The number of nitrogens with zero attached hydrogens (tertiary/aromatic N) is 3. The number of nitrogens with one attached hydrogen (secondary N) is 4. The fourth-order valence-corrected chi connectivity index (χ4v) is 5.01. The molecular weight excluding hydrogens is 538 g/mol. The van der Waals surface area contributed by atoms with E-state index in [1.54, 1.807) is 19.7 Å². The highest BCUT2D eigenvalue weighted by molar-refractivity contribution is 5.92. The Kier molecular flexibility index (Phi) is 11.5. The quantitative estimate of drug-likeness (QED) is 0.103. The lowest BCUT2D eigenvalue weighted by atomic mass is 10.0. The maximum absolute atomic E-state index is 12.1. The van der Waals surface area contributed by atoms with Crippen LogP contribution in [0.25, 0.3) is 10.9 Å². The Morgan fingerprint density at radius 1 is 0.952 bits per heavy atom. The molecule has 5 N–H and O–H groups in total. The van der Waals surface area contributed by atoms with Crippen LogP contribution in [-0.4, -0.2) is 78.3 Å². The van der Waals surface area contributed by atoms with Gasteiger partial charge in [0, 0.05) is 63.1 Å². The van der Waals surface area contributed by atoms with Crippen LogP contribution in [0.1, 0.15) is 44.1 Å². The molecule has 0 saturated carbocycles.